The lowest BCUT2D eigenvalue weighted by atomic mass is 9.75. The molecule has 1 aliphatic carbocycles. The molecule has 8 atom stereocenters. The zero-order valence-corrected chi connectivity index (χ0v) is 20.0. The van der Waals surface area contributed by atoms with Gasteiger partial charge in [-0.05, 0) is 30.5 Å². The fraction of sp³-hybridized carbons (Fsp3) is 0.826. The molecule has 0 amide bonds. The lowest BCUT2D eigenvalue weighted by Gasteiger charge is -2.46. The number of methoxy groups -OCH3 is 1. The Morgan fingerprint density at radius 1 is 0.939 bits per heavy atom. The highest BCUT2D eigenvalue weighted by Gasteiger charge is 2.56. The SMILES string of the molecule is [2H]C1([2H])[C@H](C)CC[C@@]([2H])(C(C)C)[C@]1([2H])O[C@@H]1O[C@H](C(=O)OC)[C@@H](OC(C)=O)C(OC(C)=O)C1OC(C)=O. The van der Waals surface area contributed by atoms with E-state index in [1.54, 1.807) is 20.8 Å². The minimum Gasteiger partial charge on any atom is -0.467 e. The molecule has 2 rings (SSSR count). The van der Waals surface area contributed by atoms with Gasteiger partial charge in [0, 0.05) is 24.9 Å². The summed E-state index contributed by atoms with van der Waals surface area (Å²) in [6, 6.07) is 0. The molecule has 2 fully saturated rings. The van der Waals surface area contributed by atoms with Gasteiger partial charge in [-0.2, -0.15) is 0 Å². The maximum atomic E-state index is 12.7. The average molecular weight is 477 g/mol. The third-order valence-electron chi connectivity index (χ3n) is 5.28. The fourth-order valence-corrected chi connectivity index (χ4v) is 3.83. The van der Waals surface area contributed by atoms with Gasteiger partial charge >= 0.3 is 23.9 Å². The van der Waals surface area contributed by atoms with Crippen LogP contribution in [0.25, 0.3) is 0 Å². The molecule has 188 valence electrons. The predicted molar refractivity (Wildman–Crippen MR) is 114 cm³/mol. The average Bonchev–Trinajstić information content (AvgIpc) is 2.77. The standard InChI is InChI=1S/C23H36O10/c1-11(2)16-9-8-12(3)10-17(16)32-23-21(31-15(6)26)19(30-14(5)25)18(29-13(4)24)20(33-23)22(27)28-7/h11-12,16-21,23H,8-10H2,1-7H3/t12-,16+,17-,18+,19?,20+,21?,23-/m1/s1/i10D2,16D,17D. The van der Waals surface area contributed by atoms with Crippen LogP contribution in [-0.2, 0) is 47.6 Å². The third kappa shape index (κ3) is 7.14. The van der Waals surface area contributed by atoms with Crippen molar-refractivity contribution in [1.82, 2.24) is 0 Å². The molecule has 0 spiro atoms. The predicted octanol–water partition coefficient (Wildman–Crippen LogP) is 2.16. The van der Waals surface area contributed by atoms with Crippen molar-refractivity contribution in [3.05, 3.63) is 0 Å². The van der Waals surface area contributed by atoms with Gasteiger partial charge in [-0.1, -0.05) is 27.2 Å². The van der Waals surface area contributed by atoms with E-state index in [2.05, 4.69) is 0 Å². The maximum Gasteiger partial charge on any atom is 0.339 e. The molecule has 10 nitrogen and oxygen atoms in total. The Morgan fingerprint density at radius 3 is 2.00 bits per heavy atom. The van der Waals surface area contributed by atoms with Crippen LogP contribution in [0.15, 0.2) is 0 Å². The summed E-state index contributed by atoms with van der Waals surface area (Å²) >= 11 is 0. The van der Waals surface area contributed by atoms with Crippen molar-refractivity contribution in [2.45, 2.75) is 97.5 Å². The zero-order chi connectivity index (χ0) is 28.5. The first kappa shape index (κ1) is 21.3. The summed E-state index contributed by atoms with van der Waals surface area (Å²) in [5, 5.41) is 0. The molecule has 0 radical (unpaired) electrons. The van der Waals surface area contributed by atoms with E-state index in [1.165, 1.54) is 0 Å². The zero-order valence-electron chi connectivity index (χ0n) is 24.0. The molecular weight excluding hydrogens is 436 g/mol. The number of carbonyl (C=O) groups excluding carboxylic acids is 4. The number of carbonyl (C=O) groups is 4. The van der Waals surface area contributed by atoms with Gasteiger partial charge in [0.1, 0.15) is 0 Å². The van der Waals surface area contributed by atoms with Crippen LogP contribution in [-0.4, -0.2) is 67.8 Å². The van der Waals surface area contributed by atoms with E-state index in [1.807, 2.05) is 0 Å². The first-order chi connectivity index (χ1) is 16.9. The van der Waals surface area contributed by atoms with E-state index in [0.29, 0.717) is 6.42 Å². The van der Waals surface area contributed by atoms with Crippen LogP contribution in [0.2, 0.25) is 0 Å². The van der Waals surface area contributed by atoms with E-state index in [9.17, 15) is 20.5 Å². The van der Waals surface area contributed by atoms with Crippen LogP contribution in [0, 0.1) is 17.7 Å². The molecule has 10 heteroatoms. The highest BCUT2D eigenvalue weighted by Crippen LogP contribution is 2.38. The summed E-state index contributed by atoms with van der Waals surface area (Å²) in [6.45, 7) is 8.02. The fourth-order valence-electron chi connectivity index (χ4n) is 3.83. The second kappa shape index (κ2) is 11.8. The summed E-state index contributed by atoms with van der Waals surface area (Å²) in [5.41, 5.74) is 0. The quantitative estimate of drug-likeness (QED) is 0.399. The van der Waals surface area contributed by atoms with Gasteiger partial charge in [0.2, 0.25) is 0 Å². The van der Waals surface area contributed by atoms with E-state index in [4.69, 9.17) is 32.5 Å². The van der Waals surface area contributed by atoms with E-state index < -0.39 is 84.8 Å². The molecule has 2 unspecified atom stereocenters. The molecule has 0 aromatic carbocycles. The van der Waals surface area contributed by atoms with Crippen molar-refractivity contribution in [2.75, 3.05) is 7.11 Å². The van der Waals surface area contributed by atoms with Gasteiger partial charge in [0.15, 0.2) is 30.7 Å². The molecule has 1 aliphatic heterocycles. The molecule has 1 saturated heterocycles. The normalized spacial score (nSPS) is 42.1. The van der Waals surface area contributed by atoms with Gasteiger partial charge in [-0.25, -0.2) is 4.79 Å². The Morgan fingerprint density at radius 2 is 1.48 bits per heavy atom. The van der Waals surface area contributed by atoms with E-state index in [-0.39, 0.29) is 6.42 Å². The van der Waals surface area contributed by atoms with Crippen LogP contribution in [0.3, 0.4) is 0 Å². The second-order valence-corrected chi connectivity index (χ2v) is 8.38. The number of ether oxygens (including phenoxy) is 6. The summed E-state index contributed by atoms with van der Waals surface area (Å²) < 4.78 is 68.1. The Hall–Kier alpha value is -2.20. The number of rotatable bonds is 7. The molecule has 1 heterocycles. The Labute approximate surface area is 200 Å². The van der Waals surface area contributed by atoms with Crippen molar-refractivity contribution in [3.8, 4) is 0 Å². The Kier molecular flexibility index (Phi) is 7.62. The monoisotopic (exact) mass is 476 g/mol. The topological polar surface area (TPSA) is 124 Å². The third-order valence-corrected chi connectivity index (χ3v) is 5.28. The van der Waals surface area contributed by atoms with Gasteiger partial charge < -0.3 is 28.4 Å². The number of hydrogen-bond acceptors (Lipinski definition) is 10. The number of esters is 4. The van der Waals surface area contributed by atoms with Crippen molar-refractivity contribution in [1.29, 1.82) is 0 Å². The second-order valence-electron chi connectivity index (χ2n) is 8.38. The lowest BCUT2D eigenvalue weighted by Crippen LogP contribution is -2.64. The van der Waals surface area contributed by atoms with Crippen LogP contribution in [0.4, 0.5) is 0 Å². The van der Waals surface area contributed by atoms with E-state index >= 15 is 0 Å². The first-order valence-electron chi connectivity index (χ1n) is 12.9. The summed E-state index contributed by atoms with van der Waals surface area (Å²) in [4.78, 5) is 48.5. The largest absolute Gasteiger partial charge is 0.467 e. The summed E-state index contributed by atoms with van der Waals surface area (Å²) in [6.07, 6.45) is -13.2. The van der Waals surface area contributed by atoms with Crippen LogP contribution in [0.1, 0.15) is 66.2 Å². The van der Waals surface area contributed by atoms with Crippen LogP contribution in [0.5, 0.6) is 0 Å². The van der Waals surface area contributed by atoms with Crippen LogP contribution >= 0.6 is 0 Å². The van der Waals surface area contributed by atoms with Gasteiger partial charge in [0.25, 0.3) is 0 Å². The molecule has 0 aromatic heterocycles. The molecule has 0 bridgehead atoms. The van der Waals surface area contributed by atoms with E-state index in [0.717, 1.165) is 27.9 Å². The van der Waals surface area contributed by atoms with Gasteiger partial charge in [-0.3, -0.25) is 14.4 Å². The molecule has 33 heavy (non-hydrogen) atoms. The van der Waals surface area contributed by atoms with Crippen molar-refractivity contribution < 1.29 is 53.1 Å². The highest BCUT2D eigenvalue weighted by molar-refractivity contribution is 5.77. The van der Waals surface area contributed by atoms with Gasteiger partial charge in [-0.15, -0.1) is 0 Å². The molecule has 0 N–H and O–H groups in total. The lowest BCUT2D eigenvalue weighted by molar-refractivity contribution is -0.317. The smallest absolute Gasteiger partial charge is 0.339 e. The van der Waals surface area contributed by atoms with Crippen molar-refractivity contribution in [3.63, 3.8) is 0 Å². The van der Waals surface area contributed by atoms with Gasteiger partial charge in [0.05, 0.1) is 14.6 Å². The maximum absolute atomic E-state index is 12.7. The number of hydrogen-bond donors (Lipinski definition) is 0. The molecule has 1 saturated carbocycles. The molecular formula is C23H36O10. The van der Waals surface area contributed by atoms with Crippen LogP contribution < -0.4 is 0 Å². The Bertz CT molecular complexity index is 899. The first-order valence-corrected chi connectivity index (χ1v) is 10.9. The minimum atomic E-state index is -2.59. The summed E-state index contributed by atoms with van der Waals surface area (Å²) in [5.74, 6) is -6.76. The highest BCUT2D eigenvalue weighted by atomic mass is 16.7. The molecule has 0 aromatic rings. The minimum absolute atomic E-state index is 0.115. The summed E-state index contributed by atoms with van der Waals surface area (Å²) in [7, 11) is 1.03. The van der Waals surface area contributed by atoms with Crippen molar-refractivity contribution >= 4 is 23.9 Å². The van der Waals surface area contributed by atoms with Crippen molar-refractivity contribution in [2.24, 2.45) is 17.7 Å². The molecule has 2 aliphatic rings. The Balaban J connectivity index is 2.70.